The lowest BCUT2D eigenvalue weighted by atomic mass is 10.1. The van der Waals surface area contributed by atoms with Gasteiger partial charge in [-0.3, -0.25) is 4.79 Å². The first kappa shape index (κ1) is 16.4. The van der Waals surface area contributed by atoms with Crippen LogP contribution in [0.25, 0.3) is 16.9 Å². The van der Waals surface area contributed by atoms with Crippen LogP contribution in [-0.4, -0.2) is 22.4 Å². The lowest BCUT2D eigenvalue weighted by Crippen LogP contribution is -2.11. The summed E-state index contributed by atoms with van der Waals surface area (Å²) in [5, 5.41) is 6.62. The lowest BCUT2D eigenvalue weighted by molar-refractivity contribution is 0.102. The fraction of sp³-hybridized carbons (Fsp3) is 0.100. The van der Waals surface area contributed by atoms with Gasteiger partial charge in [0.15, 0.2) is 0 Å². The van der Waals surface area contributed by atoms with Gasteiger partial charge in [0.25, 0.3) is 5.91 Å². The topological polar surface area (TPSA) is 55.6 Å². The number of thiophene rings is 1. The van der Waals surface area contributed by atoms with Gasteiger partial charge in [-0.2, -0.15) is 11.3 Å². The Morgan fingerprint density at radius 1 is 1.23 bits per heavy atom. The fourth-order valence-corrected chi connectivity index (χ4v) is 3.41. The Morgan fingerprint density at radius 2 is 2.12 bits per heavy atom. The van der Waals surface area contributed by atoms with Gasteiger partial charge in [0, 0.05) is 23.3 Å². The first-order valence-electron chi connectivity index (χ1n) is 8.11. The Morgan fingerprint density at radius 3 is 2.88 bits per heavy atom. The Bertz CT molecular complexity index is 1080. The van der Waals surface area contributed by atoms with Crippen LogP contribution in [0.2, 0.25) is 0 Å². The summed E-state index contributed by atoms with van der Waals surface area (Å²) in [6.45, 7) is 2.04. The van der Waals surface area contributed by atoms with Crippen LogP contribution in [0.4, 0.5) is 5.69 Å². The molecule has 6 heteroatoms. The van der Waals surface area contributed by atoms with E-state index in [0.717, 1.165) is 22.5 Å². The normalized spacial score (nSPS) is 10.8. The number of aromatic nitrogens is 2. The van der Waals surface area contributed by atoms with E-state index in [1.807, 2.05) is 64.8 Å². The largest absolute Gasteiger partial charge is 0.495 e. The minimum atomic E-state index is -0.160. The smallest absolute Gasteiger partial charge is 0.256 e. The van der Waals surface area contributed by atoms with Crippen molar-refractivity contribution in [2.24, 2.45) is 0 Å². The summed E-state index contributed by atoms with van der Waals surface area (Å²) in [6.07, 6.45) is 3.96. The van der Waals surface area contributed by atoms with Crippen LogP contribution in [0.1, 0.15) is 15.9 Å². The molecule has 1 N–H and O–H groups in total. The molecule has 0 fully saturated rings. The van der Waals surface area contributed by atoms with Crippen molar-refractivity contribution in [1.82, 2.24) is 9.38 Å². The molecule has 0 unspecified atom stereocenters. The van der Waals surface area contributed by atoms with Crippen molar-refractivity contribution in [3.05, 3.63) is 70.7 Å². The highest BCUT2D eigenvalue weighted by Gasteiger charge is 2.13. The fourth-order valence-electron chi connectivity index (χ4n) is 2.78. The van der Waals surface area contributed by atoms with E-state index in [-0.39, 0.29) is 5.91 Å². The van der Waals surface area contributed by atoms with Crippen LogP contribution < -0.4 is 10.1 Å². The molecular formula is C20H17N3O2S. The third kappa shape index (κ3) is 3.07. The molecule has 0 spiro atoms. The third-order valence-electron chi connectivity index (χ3n) is 4.14. The number of pyridine rings is 1. The molecule has 0 aliphatic carbocycles. The number of anilines is 1. The zero-order valence-corrected chi connectivity index (χ0v) is 15.2. The molecule has 3 heterocycles. The predicted molar refractivity (Wildman–Crippen MR) is 104 cm³/mol. The number of carbonyl (C=O) groups is 1. The second-order valence-corrected chi connectivity index (χ2v) is 6.76. The Hall–Kier alpha value is -3.12. The predicted octanol–water partition coefficient (Wildman–Crippen LogP) is 4.63. The summed E-state index contributed by atoms with van der Waals surface area (Å²) in [6, 6.07) is 11.5. The van der Waals surface area contributed by atoms with E-state index < -0.39 is 0 Å². The molecule has 5 nitrogen and oxygen atoms in total. The van der Waals surface area contributed by atoms with Gasteiger partial charge in [0.1, 0.15) is 11.4 Å². The number of aryl methyl sites for hydroxylation is 1. The number of fused-ring (bicyclic) bond motifs is 1. The quantitative estimate of drug-likeness (QED) is 0.575. The zero-order chi connectivity index (χ0) is 18.1. The van der Waals surface area contributed by atoms with Gasteiger partial charge in [-0.05, 0) is 54.3 Å². The number of rotatable bonds is 4. The van der Waals surface area contributed by atoms with Gasteiger partial charge in [0.2, 0.25) is 0 Å². The van der Waals surface area contributed by atoms with Crippen LogP contribution >= 0.6 is 11.3 Å². The molecule has 0 radical (unpaired) electrons. The Kier molecular flexibility index (Phi) is 4.18. The van der Waals surface area contributed by atoms with Gasteiger partial charge in [0.05, 0.1) is 24.1 Å². The number of ether oxygens (including phenoxy) is 1. The molecule has 26 heavy (non-hydrogen) atoms. The molecule has 4 rings (SSSR count). The van der Waals surface area contributed by atoms with E-state index in [0.29, 0.717) is 17.0 Å². The summed E-state index contributed by atoms with van der Waals surface area (Å²) < 4.78 is 7.37. The lowest BCUT2D eigenvalue weighted by Gasteiger charge is -2.11. The van der Waals surface area contributed by atoms with Crippen molar-refractivity contribution in [3.63, 3.8) is 0 Å². The monoisotopic (exact) mass is 363 g/mol. The highest BCUT2D eigenvalue weighted by atomic mass is 32.1. The summed E-state index contributed by atoms with van der Waals surface area (Å²) in [5.41, 5.74) is 5.05. The number of amides is 1. The number of hydrogen-bond donors (Lipinski definition) is 1. The molecule has 0 saturated carbocycles. The molecule has 0 atom stereocenters. The minimum absolute atomic E-state index is 0.160. The SMILES string of the molecule is COc1ccc(-c2cn3ccc(C)cc3n2)cc1NC(=O)c1ccsc1. The van der Waals surface area contributed by atoms with E-state index in [9.17, 15) is 4.79 Å². The highest BCUT2D eigenvalue weighted by Crippen LogP contribution is 2.31. The summed E-state index contributed by atoms with van der Waals surface area (Å²) in [4.78, 5) is 17.1. The molecule has 130 valence electrons. The Balaban J connectivity index is 1.71. The van der Waals surface area contributed by atoms with E-state index in [1.54, 1.807) is 13.2 Å². The van der Waals surface area contributed by atoms with Crippen LogP contribution in [0.3, 0.4) is 0 Å². The summed E-state index contributed by atoms with van der Waals surface area (Å²) in [5.74, 6) is 0.448. The maximum Gasteiger partial charge on any atom is 0.256 e. The maximum absolute atomic E-state index is 12.4. The molecular weight excluding hydrogens is 346 g/mol. The summed E-state index contributed by atoms with van der Waals surface area (Å²) in [7, 11) is 1.59. The number of carbonyl (C=O) groups excluding carboxylic acids is 1. The number of benzene rings is 1. The van der Waals surface area contributed by atoms with Crippen LogP contribution in [0.15, 0.2) is 59.6 Å². The van der Waals surface area contributed by atoms with Crippen molar-refractivity contribution in [2.75, 3.05) is 12.4 Å². The zero-order valence-electron chi connectivity index (χ0n) is 14.4. The maximum atomic E-state index is 12.4. The van der Waals surface area contributed by atoms with Gasteiger partial charge >= 0.3 is 0 Å². The van der Waals surface area contributed by atoms with E-state index >= 15 is 0 Å². The molecule has 0 aliphatic heterocycles. The summed E-state index contributed by atoms with van der Waals surface area (Å²) >= 11 is 1.49. The van der Waals surface area contributed by atoms with Gasteiger partial charge < -0.3 is 14.5 Å². The third-order valence-corrected chi connectivity index (χ3v) is 4.83. The van der Waals surface area contributed by atoms with Gasteiger partial charge in [-0.15, -0.1) is 0 Å². The van der Waals surface area contributed by atoms with Crippen LogP contribution in [0, 0.1) is 6.92 Å². The average molecular weight is 363 g/mol. The van der Waals surface area contributed by atoms with Crippen molar-refractivity contribution in [3.8, 4) is 17.0 Å². The van der Waals surface area contributed by atoms with Crippen molar-refractivity contribution in [2.45, 2.75) is 6.92 Å². The first-order valence-corrected chi connectivity index (χ1v) is 9.05. The van der Waals surface area contributed by atoms with E-state index in [2.05, 4.69) is 10.3 Å². The van der Waals surface area contributed by atoms with Crippen molar-refractivity contribution in [1.29, 1.82) is 0 Å². The van der Waals surface area contributed by atoms with Crippen molar-refractivity contribution < 1.29 is 9.53 Å². The van der Waals surface area contributed by atoms with Crippen LogP contribution in [-0.2, 0) is 0 Å². The molecule has 4 aromatic rings. The van der Waals surface area contributed by atoms with Gasteiger partial charge in [-0.1, -0.05) is 0 Å². The second kappa shape index (κ2) is 6.65. The van der Waals surface area contributed by atoms with Crippen LogP contribution in [0.5, 0.6) is 5.75 Å². The number of nitrogens with one attached hydrogen (secondary N) is 1. The van der Waals surface area contributed by atoms with E-state index in [1.165, 1.54) is 11.3 Å². The second-order valence-electron chi connectivity index (χ2n) is 5.98. The highest BCUT2D eigenvalue weighted by molar-refractivity contribution is 7.08. The molecule has 0 bridgehead atoms. The molecule has 3 aromatic heterocycles. The average Bonchev–Trinajstić information content (AvgIpc) is 3.31. The van der Waals surface area contributed by atoms with Crippen molar-refractivity contribution >= 4 is 28.6 Å². The number of methoxy groups -OCH3 is 1. The number of nitrogens with zero attached hydrogens (tertiary/aromatic N) is 2. The molecule has 0 aliphatic rings. The number of hydrogen-bond acceptors (Lipinski definition) is 4. The molecule has 0 saturated heterocycles. The molecule has 1 aromatic carbocycles. The first-order chi connectivity index (χ1) is 12.6. The number of imidazole rings is 1. The molecule has 1 amide bonds. The standard InChI is InChI=1S/C20H17N3O2S/c1-13-5-7-23-11-17(21-19(23)9-13)14-3-4-18(25-2)16(10-14)22-20(24)15-6-8-26-12-15/h3-12H,1-2H3,(H,22,24). The minimum Gasteiger partial charge on any atom is -0.495 e. The Labute approximate surface area is 154 Å². The van der Waals surface area contributed by atoms with E-state index in [4.69, 9.17) is 4.74 Å². The van der Waals surface area contributed by atoms with Gasteiger partial charge in [-0.25, -0.2) is 4.98 Å².